The molecule has 0 saturated heterocycles. The van der Waals surface area contributed by atoms with E-state index < -0.39 is 28.1 Å². The molecular formula is C20H26KNO7S. The molecule has 30 heavy (non-hydrogen) atoms. The van der Waals surface area contributed by atoms with Crippen LogP contribution in [0.2, 0.25) is 0 Å². The van der Waals surface area contributed by atoms with Gasteiger partial charge < -0.3 is 24.2 Å². The van der Waals surface area contributed by atoms with E-state index in [1.807, 2.05) is 12.1 Å². The first-order valence-corrected chi connectivity index (χ1v) is 10.8. The molecular weight excluding hydrogens is 437 g/mol. The third-order valence-electron chi connectivity index (χ3n) is 3.97. The number of ether oxygens (including phenoxy) is 2. The first kappa shape index (κ1) is 27.5. The number of aliphatic hydroxyl groups excluding tert-OH is 2. The quantitative estimate of drug-likeness (QED) is 0.252. The van der Waals surface area contributed by atoms with Crippen molar-refractivity contribution in [3.8, 4) is 11.5 Å². The molecule has 2 aromatic rings. The molecule has 160 valence electrons. The second-order valence-electron chi connectivity index (χ2n) is 6.58. The molecule has 0 aromatic heterocycles. The number of nitrogens with zero attached hydrogens (tertiary/aromatic N) is 1. The molecule has 10 heteroatoms. The molecule has 2 rings (SSSR count). The Kier molecular flexibility index (Phi) is 13.3. The van der Waals surface area contributed by atoms with Crippen molar-refractivity contribution in [2.45, 2.75) is 12.2 Å². The Labute approximate surface area is 220 Å². The zero-order valence-corrected chi connectivity index (χ0v) is 20.9. The Morgan fingerprint density at radius 2 is 1.23 bits per heavy atom. The van der Waals surface area contributed by atoms with E-state index in [2.05, 4.69) is 0 Å². The first-order chi connectivity index (χ1) is 13.8. The van der Waals surface area contributed by atoms with Crippen LogP contribution in [0.5, 0.6) is 11.5 Å². The molecule has 0 fully saturated rings. The van der Waals surface area contributed by atoms with Crippen molar-refractivity contribution in [2.75, 3.05) is 38.6 Å². The smallest absolute Gasteiger partial charge is 0.748 e. The third-order valence-corrected chi connectivity index (χ3v) is 4.65. The monoisotopic (exact) mass is 463 g/mol. The summed E-state index contributed by atoms with van der Waals surface area (Å²) in [6.45, 7) is -0.0748. The van der Waals surface area contributed by atoms with Crippen LogP contribution in [0.3, 0.4) is 0 Å². The maximum absolute atomic E-state index is 11.0. The molecule has 2 atom stereocenters. The minimum atomic E-state index is -4.42. The standard InChI is InChI=1S/C20H27NO7S.K/c22-17(15-27-19-7-3-1-4-8-19)13-21(11-12-29(24,25)26)14-18(23)16-28-20-9-5-2-6-10-20;/h1-10,17-18,22-23H,11-16H2,(H,24,25,26);/q;+1/p-1. The summed E-state index contributed by atoms with van der Waals surface area (Å²) in [5.74, 6) is 0.569. The second kappa shape index (κ2) is 14.5. The molecule has 0 spiro atoms. The molecule has 0 radical (unpaired) electrons. The van der Waals surface area contributed by atoms with Crippen LogP contribution in [0.15, 0.2) is 60.7 Å². The number of hydrogen-bond acceptors (Lipinski definition) is 8. The van der Waals surface area contributed by atoms with Gasteiger partial charge in [-0.3, -0.25) is 4.90 Å². The summed E-state index contributed by atoms with van der Waals surface area (Å²) in [6, 6.07) is 17.9. The van der Waals surface area contributed by atoms with Gasteiger partial charge in [0.25, 0.3) is 0 Å². The van der Waals surface area contributed by atoms with Crippen LogP contribution in [0.1, 0.15) is 0 Å². The number of hydrogen-bond donors (Lipinski definition) is 2. The van der Waals surface area contributed by atoms with Gasteiger partial charge in [0.15, 0.2) is 0 Å². The fourth-order valence-electron chi connectivity index (χ4n) is 2.62. The van der Waals surface area contributed by atoms with Crippen LogP contribution >= 0.6 is 0 Å². The number of benzene rings is 2. The molecule has 0 aliphatic carbocycles. The molecule has 0 saturated carbocycles. The molecule has 2 aromatic carbocycles. The maximum atomic E-state index is 11.0. The van der Waals surface area contributed by atoms with E-state index in [1.165, 1.54) is 4.90 Å². The van der Waals surface area contributed by atoms with Crippen molar-refractivity contribution in [3.05, 3.63) is 60.7 Å². The van der Waals surface area contributed by atoms with Gasteiger partial charge in [0.2, 0.25) is 0 Å². The van der Waals surface area contributed by atoms with Crippen LogP contribution in [-0.2, 0) is 10.1 Å². The minimum absolute atomic E-state index is 0. The largest absolute Gasteiger partial charge is 1.00 e. The maximum Gasteiger partial charge on any atom is 1.00 e. The third kappa shape index (κ3) is 12.4. The molecule has 0 aliphatic heterocycles. The predicted molar refractivity (Wildman–Crippen MR) is 107 cm³/mol. The van der Waals surface area contributed by atoms with Crippen molar-refractivity contribution in [1.82, 2.24) is 4.90 Å². The Bertz CT molecular complexity index is 757. The van der Waals surface area contributed by atoms with Gasteiger partial charge in [-0.2, -0.15) is 0 Å². The second-order valence-corrected chi connectivity index (χ2v) is 8.10. The number of para-hydroxylation sites is 2. The van der Waals surface area contributed by atoms with Gasteiger partial charge in [0.1, 0.15) is 36.9 Å². The minimum Gasteiger partial charge on any atom is -0.748 e. The Balaban J connectivity index is 0.00000450. The van der Waals surface area contributed by atoms with Crippen LogP contribution < -0.4 is 60.9 Å². The van der Waals surface area contributed by atoms with Gasteiger partial charge in [0, 0.05) is 19.6 Å². The van der Waals surface area contributed by atoms with Gasteiger partial charge in [0.05, 0.1) is 15.9 Å². The molecule has 0 bridgehead atoms. The van der Waals surface area contributed by atoms with E-state index in [-0.39, 0.29) is 84.2 Å². The van der Waals surface area contributed by atoms with Crippen molar-refractivity contribution in [2.24, 2.45) is 0 Å². The summed E-state index contributed by atoms with van der Waals surface area (Å²) in [6.07, 6.45) is -1.88. The average molecular weight is 464 g/mol. The fraction of sp³-hybridized carbons (Fsp3) is 0.400. The van der Waals surface area contributed by atoms with E-state index in [1.54, 1.807) is 48.5 Å². The van der Waals surface area contributed by atoms with Crippen LogP contribution in [0.25, 0.3) is 0 Å². The number of rotatable bonds is 13. The Morgan fingerprint density at radius 1 is 0.833 bits per heavy atom. The summed E-state index contributed by atoms with van der Waals surface area (Å²) >= 11 is 0. The summed E-state index contributed by atoms with van der Waals surface area (Å²) in [5.41, 5.74) is 0. The van der Waals surface area contributed by atoms with Crippen molar-refractivity contribution in [1.29, 1.82) is 0 Å². The predicted octanol–water partition coefficient (Wildman–Crippen LogP) is -2.28. The average Bonchev–Trinajstić information content (AvgIpc) is 2.70. The topological polar surface area (TPSA) is 119 Å². The Hall–Kier alpha value is -0.534. The molecule has 8 nitrogen and oxygen atoms in total. The normalized spacial score (nSPS) is 13.3. The zero-order chi connectivity index (χ0) is 21.1. The zero-order valence-electron chi connectivity index (χ0n) is 17.0. The molecule has 2 unspecified atom stereocenters. The van der Waals surface area contributed by atoms with Crippen molar-refractivity contribution >= 4 is 10.1 Å². The van der Waals surface area contributed by atoms with Crippen molar-refractivity contribution in [3.63, 3.8) is 0 Å². The number of aliphatic hydroxyl groups is 2. The summed E-state index contributed by atoms with van der Waals surface area (Å²) in [5, 5.41) is 20.4. The van der Waals surface area contributed by atoms with Crippen molar-refractivity contribution < 1.29 is 84.0 Å². The molecule has 0 heterocycles. The van der Waals surface area contributed by atoms with E-state index in [0.717, 1.165) is 0 Å². The van der Waals surface area contributed by atoms with Crippen LogP contribution in [-0.4, -0.2) is 78.9 Å². The Morgan fingerprint density at radius 3 is 1.60 bits per heavy atom. The summed E-state index contributed by atoms with van der Waals surface area (Å²) in [7, 11) is -4.42. The van der Waals surface area contributed by atoms with E-state index in [0.29, 0.717) is 11.5 Å². The van der Waals surface area contributed by atoms with Crippen LogP contribution in [0.4, 0.5) is 0 Å². The molecule has 0 aliphatic rings. The SMILES string of the molecule is O=S(=O)([O-])CCN(CC(O)COc1ccccc1)CC(O)COc1ccccc1.[K+]. The summed E-state index contributed by atoms with van der Waals surface area (Å²) < 4.78 is 43.9. The van der Waals surface area contributed by atoms with Crippen LogP contribution in [0, 0.1) is 0 Å². The van der Waals surface area contributed by atoms with Gasteiger partial charge >= 0.3 is 51.4 Å². The molecule has 2 N–H and O–H groups in total. The van der Waals surface area contributed by atoms with E-state index >= 15 is 0 Å². The van der Waals surface area contributed by atoms with Gasteiger partial charge in [-0.1, -0.05) is 36.4 Å². The molecule has 0 amide bonds. The van der Waals surface area contributed by atoms with Gasteiger partial charge in [-0.25, -0.2) is 8.42 Å². The first-order valence-electron chi connectivity index (χ1n) is 9.19. The van der Waals surface area contributed by atoms with Gasteiger partial charge in [-0.15, -0.1) is 0 Å². The van der Waals surface area contributed by atoms with Gasteiger partial charge in [-0.05, 0) is 24.3 Å². The van der Waals surface area contributed by atoms with E-state index in [9.17, 15) is 23.2 Å². The van der Waals surface area contributed by atoms with E-state index in [4.69, 9.17) is 9.47 Å². The fourth-order valence-corrected chi connectivity index (χ4v) is 3.10. The summed E-state index contributed by atoms with van der Waals surface area (Å²) in [4.78, 5) is 1.51.